The summed E-state index contributed by atoms with van der Waals surface area (Å²) in [5.41, 5.74) is 5.65. The van der Waals surface area contributed by atoms with Gasteiger partial charge in [-0.05, 0) is 24.3 Å². The second kappa shape index (κ2) is 5.87. The fourth-order valence-electron chi connectivity index (χ4n) is 1.57. The number of hydrogen-bond donors (Lipinski definition) is 1. The molecule has 2 aromatic rings. The smallest absolute Gasteiger partial charge is 0.295 e. The van der Waals surface area contributed by atoms with Crippen molar-refractivity contribution in [3.8, 4) is 5.75 Å². The van der Waals surface area contributed by atoms with Crippen molar-refractivity contribution in [3.63, 3.8) is 0 Å². The van der Waals surface area contributed by atoms with Crippen LogP contribution in [-0.4, -0.2) is 4.92 Å². The van der Waals surface area contributed by atoms with E-state index in [-0.39, 0.29) is 23.7 Å². The maximum atomic E-state index is 13.6. The van der Waals surface area contributed by atoms with Crippen LogP contribution in [-0.2, 0) is 6.61 Å². The Morgan fingerprint density at radius 3 is 2.70 bits per heavy atom. The Balaban J connectivity index is 2.15. The molecule has 0 spiro atoms. The maximum Gasteiger partial charge on any atom is 0.295 e. The summed E-state index contributed by atoms with van der Waals surface area (Å²) in [5, 5.41) is 10.7. The van der Waals surface area contributed by atoms with E-state index in [0.717, 1.165) is 0 Å². The van der Waals surface area contributed by atoms with Gasteiger partial charge in [0.25, 0.3) is 5.69 Å². The predicted octanol–water partition coefficient (Wildman–Crippen LogP) is 3.66. The molecule has 2 aromatic carbocycles. The number of nitro groups is 1. The third-order valence-electron chi connectivity index (χ3n) is 2.61. The van der Waals surface area contributed by atoms with Crippen LogP contribution in [0.3, 0.4) is 0 Å². The number of nitrogen functional groups attached to an aromatic ring is 1. The van der Waals surface area contributed by atoms with Crippen molar-refractivity contribution in [1.82, 2.24) is 0 Å². The molecule has 0 atom stereocenters. The monoisotopic (exact) mass is 340 g/mol. The van der Waals surface area contributed by atoms with Gasteiger partial charge in [0.05, 0.1) is 11.0 Å². The van der Waals surface area contributed by atoms with Crippen molar-refractivity contribution in [2.24, 2.45) is 0 Å². The number of nitrogens with zero attached hydrogens (tertiary/aromatic N) is 1. The Morgan fingerprint density at radius 1 is 1.30 bits per heavy atom. The van der Waals surface area contributed by atoms with Crippen molar-refractivity contribution in [2.45, 2.75) is 6.61 Å². The molecule has 0 unspecified atom stereocenters. The van der Waals surface area contributed by atoms with Crippen molar-refractivity contribution >= 4 is 27.3 Å². The molecule has 2 rings (SSSR count). The van der Waals surface area contributed by atoms with Crippen LogP contribution < -0.4 is 10.5 Å². The van der Waals surface area contributed by atoms with Crippen LogP contribution >= 0.6 is 15.9 Å². The average Bonchev–Trinajstić information content (AvgIpc) is 2.39. The second-order valence-electron chi connectivity index (χ2n) is 4.00. The van der Waals surface area contributed by atoms with Gasteiger partial charge < -0.3 is 10.5 Å². The van der Waals surface area contributed by atoms with Crippen LogP contribution in [0, 0.1) is 15.9 Å². The van der Waals surface area contributed by atoms with Gasteiger partial charge in [-0.15, -0.1) is 0 Å². The van der Waals surface area contributed by atoms with Gasteiger partial charge in [0.1, 0.15) is 23.9 Å². The molecule has 0 aromatic heterocycles. The Morgan fingerprint density at radius 2 is 2.05 bits per heavy atom. The normalized spacial score (nSPS) is 10.3. The molecule has 0 fully saturated rings. The van der Waals surface area contributed by atoms with Crippen LogP contribution in [0.4, 0.5) is 15.8 Å². The summed E-state index contributed by atoms with van der Waals surface area (Å²) in [5.74, 6) is -0.155. The third kappa shape index (κ3) is 3.24. The molecule has 7 heteroatoms. The Kier molecular flexibility index (Phi) is 4.19. The summed E-state index contributed by atoms with van der Waals surface area (Å²) in [6.07, 6.45) is 0. The summed E-state index contributed by atoms with van der Waals surface area (Å²) < 4.78 is 19.6. The van der Waals surface area contributed by atoms with E-state index in [0.29, 0.717) is 10.0 Å². The van der Waals surface area contributed by atoms with E-state index >= 15 is 0 Å². The molecule has 20 heavy (non-hydrogen) atoms. The van der Waals surface area contributed by atoms with Gasteiger partial charge in [0.2, 0.25) is 0 Å². The summed E-state index contributed by atoms with van der Waals surface area (Å²) in [4.78, 5) is 10.1. The molecule has 0 aliphatic carbocycles. The molecule has 0 amide bonds. The molecule has 0 saturated carbocycles. The number of rotatable bonds is 4. The molecule has 0 saturated heterocycles. The molecule has 0 aliphatic heterocycles. The van der Waals surface area contributed by atoms with E-state index in [2.05, 4.69) is 15.9 Å². The number of halogens is 2. The quantitative estimate of drug-likeness (QED) is 0.523. The zero-order chi connectivity index (χ0) is 14.7. The van der Waals surface area contributed by atoms with Gasteiger partial charge in [0.15, 0.2) is 0 Å². The first kappa shape index (κ1) is 14.3. The lowest BCUT2D eigenvalue weighted by molar-refractivity contribution is -0.384. The Hall–Kier alpha value is -2.15. The van der Waals surface area contributed by atoms with E-state index in [1.165, 1.54) is 24.3 Å². The standard InChI is InChI=1S/C13H10BrFN2O3/c14-9-2-1-8(11(15)5-9)7-20-10-3-4-12(16)13(6-10)17(18)19/h1-6H,7,16H2. The highest BCUT2D eigenvalue weighted by atomic mass is 79.9. The number of nitrogens with two attached hydrogens (primary N) is 1. The number of ether oxygens (including phenoxy) is 1. The first-order valence-electron chi connectivity index (χ1n) is 5.58. The maximum absolute atomic E-state index is 13.6. The molecular weight excluding hydrogens is 331 g/mol. The topological polar surface area (TPSA) is 78.4 Å². The summed E-state index contributed by atoms with van der Waals surface area (Å²) >= 11 is 3.16. The van der Waals surface area contributed by atoms with Gasteiger partial charge in [-0.2, -0.15) is 0 Å². The molecule has 104 valence electrons. The second-order valence-corrected chi connectivity index (χ2v) is 4.92. The molecule has 5 nitrogen and oxygen atoms in total. The summed E-state index contributed by atoms with van der Waals surface area (Å²) in [6, 6.07) is 8.68. The summed E-state index contributed by atoms with van der Waals surface area (Å²) in [7, 11) is 0. The predicted molar refractivity (Wildman–Crippen MR) is 75.9 cm³/mol. The summed E-state index contributed by atoms with van der Waals surface area (Å²) in [6.45, 7) is -0.0276. The van der Waals surface area contributed by atoms with Crippen molar-refractivity contribution in [1.29, 1.82) is 0 Å². The van der Waals surface area contributed by atoms with Crippen molar-refractivity contribution in [2.75, 3.05) is 5.73 Å². The third-order valence-corrected chi connectivity index (χ3v) is 3.10. The fraction of sp³-hybridized carbons (Fsp3) is 0.0769. The fourth-order valence-corrected chi connectivity index (χ4v) is 1.90. The molecule has 0 heterocycles. The molecule has 0 aliphatic rings. The van der Waals surface area contributed by atoms with E-state index in [1.54, 1.807) is 12.1 Å². The van der Waals surface area contributed by atoms with Gasteiger partial charge in [-0.3, -0.25) is 10.1 Å². The average molecular weight is 341 g/mol. The highest BCUT2D eigenvalue weighted by molar-refractivity contribution is 9.10. The minimum Gasteiger partial charge on any atom is -0.489 e. The van der Waals surface area contributed by atoms with Gasteiger partial charge in [0, 0.05) is 10.0 Å². The molecule has 2 N–H and O–H groups in total. The van der Waals surface area contributed by atoms with E-state index in [9.17, 15) is 14.5 Å². The van der Waals surface area contributed by atoms with Crippen LogP contribution in [0.1, 0.15) is 5.56 Å². The lowest BCUT2D eigenvalue weighted by Gasteiger charge is -2.08. The van der Waals surface area contributed by atoms with Crippen molar-refractivity contribution < 1.29 is 14.1 Å². The Bertz CT molecular complexity index is 664. The van der Waals surface area contributed by atoms with Gasteiger partial charge in [-0.25, -0.2) is 4.39 Å². The molecule has 0 radical (unpaired) electrons. The SMILES string of the molecule is Nc1ccc(OCc2ccc(Br)cc2F)cc1[N+](=O)[O-]. The molecule has 0 bridgehead atoms. The lowest BCUT2D eigenvalue weighted by atomic mass is 10.2. The van der Waals surface area contributed by atoms with Crippen LogP contribution in [0.2, 0.25) is 0 Å². The van der Waals surface area contributed by atoms with E-state index in [4.69, 9.17) is 10.5 Å². The number of nitro benzene ring substituents is 1. The van der Waals surface area contributed by atoms with Gasteiger partial charge >= 0.3 is 0 Å². The minimum absolute atomic E-state index is 0.0276. The first-order chi connectivity index (χ1) is 9.47. The van der Waals surface area contributed by atoms with Gasteiger partial charge in [-0.1, -0.05) is 22.0 Å². The van der Waals surface area contributed by atoms with E-state index in [1.807, 2.05) is 0 Å². The highest BCUT2D eigenvalue weighted by Crippen LogP contribution is 2.27. The molecular formula is C13H10BrFN2O3. The largest absolute Gasteiger partial charge is 0.489 e. The van der Waals surface area contributed by atoms with Crippen LogP contribution in [0.5, 0.6) is 5.75 Å². The van der Waals surface area contributed by atoms with E-state index < -0.39 is 10.7 Å². The van der Waals surface area contributed by atoms with Crippen LogP contribution in [0.15, 0.2) is 40.9 Å². The minimum atomic E-state index is -0.595. The lowest BCUT2D eigenvalue weighted by Crippen LogP contribution is -2.00. The number of anilines is 1. The number of benzene rings is 2. The highest BCUT2D eigenvalue weighted by Gasteiger charge is 2.13. The zero-order valence-electron chi connectivity index (χ0n) is 10.2. The number of hydrogen-bond acceptors (Lipinski definition) is 4. The van der Waals surface area contributed by atoms with Crippen molar-refractivity contribution in [3.05, 3.63) is 62.4 Å². The zero-order valence-corrected chi connectivity index (χ0v) is 11.8. The first-order valence-corrected chi connectivity index (χ1v) is 6.37. The Labute approximate surface area is 122 Å². The van der Waals surface area contributed by atoms with Crippen LogP contribution in [0.25, 0.3) is 0 Å².